The summed E-state index contributed by atoms with van der Waals surface area (Å²) in [7, 11) is 0. The highest BCUT2D eigenvalue weighted by Gasteiger charge is 2.32. The van der Waals surface area contributed by atoms with Crippen molar-refractivity contribution in [1.29, 1.82) is 0 Å². The highest BCUT2D eigenvalue weighted by atomic mass is 35.5. The number of aromatic nitrogens is 2. The fourth-order valence-corrected chi connectivity index (χ4v) is 2.39. The third-order valence-electron chi connectivity index (χ3n) is 3.15. The SMILES string of the molecule is O=C(O)c1cnn(-c2ccc(Cl)c(Cl)c2)c1C1CC1. The molecule has 1 fully saturated rings. The van der Waals surface area contributed by atoms with Crippen molar-refractivity contribution in [1.82, 2.24) is 9.78 Å². The molecule has 0 saturated heterocycles. The van der Waals surface area contributed by atoms with Crippen LogP contribution in [-0.2, 0) is 0 Å². The molecule has 0 aliphatic heterocycles. The second-order valence-corrected chi connectivity index (χ2v) is 5.35. The van der Waals surface area contributed by atoms with Gasteiger partial charge in [0.1, 0.15) is 5.56 Å². The Morgan fingerprint density at radius 1 is 1.32 bits per heavy atom. The van der Waals surface area contributed by atoms with Gasteiger partial charge in [-0.15, -0.1) is 0 Å². The van der Waals surface area contributed by atoms with Crippen LogP contribution in [0.15, 0.2) is 24.4 Å². The molecule has 0 amide bonds. The highest BCUT2D eigenvalue weighted by molar-refractivity contribution is 6.42. The Morgan fingerprint density at radius 3 is 2.63 bits per heavy atom. The summed E-state index contributed by atoms with van der Waals surface area (Å²) in [5, 5.41) is 14.3. The van der Waals surface area contributed by atoms with E-state index in [1.165, 1.54) is 6.20 Å². The van der Waals surface area contributed by atoms with Gasteiger partial charge < -0.3 is 5.11 Å². The number of nitrogens with zero attached hydrogens (tertiary/aromatic N) is 2. The summed E-state index contributed by atoms with van der Waals surface area (Å²) in [6.07, 6.45) is 3.37. The molecule has 98 valence electrons. The zero-order valence-corrected chi connectivity index (χ0v) is 11.3. The molecule has 1 heterocycles. The average molecular weight is 297 g/mol. The van der Waals surface area contributed by atoms with Crippen molar-refractivity contribution >= 4 is 29.2 Å². The first kappa shape index (κ1) is 12.5. The molecule has 1 saturated carbocycles. The maximum atomic E-state index is 11.2. The molecule has 0 unspecified atom stereocenters. The maximum absolute atomic E-state index is 11.2. The van der Waals surface area contributed by atoms with Crippen LogP contribution in [0, 0.1) is 0 Å². The second-order valence-electron chi connectivity index (χ2n) is 4.53. The molecule has 1 aliphatic carbocycles. The van der Waals surface area contributed by atoms with Gasteiger partial charge in [0.25, 0.3) is 0 Å². The van der Waals surface area contributed by atoms with Crippen LogP contribution >= 0.6 is 23.2 Å². The van der Waals surface area contributed by atoms with Gasteiger partial charge in [-0.1, -0.05) is 23.2 Å². The van der Waals surface area contributed by atoms with Gasteiger partial charge in [0.05, 0.1) is 27.6 Å². The first-order chi connectivity index (χ1) is 9.08. The molecule has 0 spiro atoms. The molecule has 6 heteroatoms. The number of carbonyl (C=O) groups is 1. The molecule has 3 rings (SSSR count). The molecular formula is C13H10Cl2N2O2. The lowest BCUT2D eigenvalue weighted by molar-refractivity contribution is 0.0695. The van der Waals surface area contributed by atoms with Gasteiger partial charge >= 0.3 is 5.97 Å². The Hall–Kier alpha value is -1.52. The topological polar surface area (TPSA) is 55.1 Å². The van der Waals surface area contributed by atoms with Gasteiger partial charge in [0.15, 0.2) is 0 Å². The summed E-state index contributed by atoms with van der Waals surface area (Å²) < 4.78 is 1.64. The number of carboxylic acid groups (broad SMARTS) is 1. The number of rotatable bonds is 3. The third-order valence-corrected chi connectivity index (χ3v) is 3.89. The molecule has 0 bridgehead atoms. The summed E-state index contributed by atoms with van der Waals surface area (Å²) in [4.78, 5) is 11.2. The minimum Gasteiger partial charge on any atom is -0.478 e. The van der Waals surface area contributed by atoms with E-state index in [4.69, 9.17) is 23.2 Å². The number of halogens is 2. The van der Waals surface area contributed by atoms with Crippen LogP contribution in [0.4, 0.5) is 0 Å². The first-order valence-electron chi connectivity index (χ1n) is 5.84. The number of aromatic carboxylic acids is 1. The Morgan fingerprint density at radius 2 is 2.05 bits per heavy atom. The van der Waals surface area contributed by atoms with E-state index < -0.39 is 5.97 Å². The van der Waals surface area contributed by atoms with Crippen LogP contribution in [0.2, 0.25) is 10.0 Å². The third kappa shape index (κ3) is 2.22. The largest absolute Gasteiger partial charge is 0.478 e. The minimum absolute atomic E-state index is 0.258. The van der Waals surface area contributed by atoms with E-state index in [1.54, 1.807) is 22.9 Å². The van der Waals surface area contributed by atoms with E-state index in [0.29, 0.717) is 10.0 Å². The van der Waals surface area contributed by atoms with Gasteiger partial charge in [0.2, 0.25) is 0 Å². The van der Waals surface area contributed by atoms with Gasteiger partial charge in [-0.25, -0.2) is 9.48 Å². The van der Waals surface area contributed by atoms with Crippen LogP contribution in [-0.4, -0.2) is 20.9 Å². The van der Waals surface area contributed by atoms with Crippen LogP contribution < -0.4 is 0 Å². The van der Waals surface area contributed by atoms with Gasteiger partial charge in [-0.2, -0.15) is 5.10 Å². The summed E-state index contributed by atoms with van der Waals surface area (Å²) in [6, 6.07) is 5.14. The van der Waals surface area contributed by atoms with Crippen molar-refractivity contribution in [2.24, 2.45) is 0 Å². The Balaban J connectivity index is 2.14. The van der Waals surface area contributed by atoms with Crippen molar-refractivity contribution in [3.05, 3.63) is 45.7 Å². The molecular weight excluding hydrogens is 287 g/mol. The molecule has 1 aliphatic rings. The lowest BCUT2D eigenvalue weighted by Gasteiger charge is -2.08. The van der Waals surface area contributed by atoms with E-state index in [2.05, 4.69) is 5.10 Å². The first-order valence-corrected chi connectivity index (χ1v) is 6.60. The van der Waals surface area contributed by atoms with Crippen molar-refractivity contribution in [3.63, 3.8) is 0 Å². The summed E-state index contributed by atoms with van der Waals surface area (Å²) in [5.74, 6) is -0.684. The van der Waals surface area contributed by atoms with Gasteiger partial charge in [-0.3, -0.25) is 0 Å². The highest BCUT2D eigenvalue weighted by Crippen LogP contribution is 2.42. The fraction of sp³-hybridized carbons (Fsp3) is 0.231. The summed E-state index contributed by atoms with van der Waals surface area (Å²) in [5.41, 5.74) is 1.73. The zero-order valence-electron chi connectivity index (χ0n) is 9.81. The summed E-state index contributed by atoms with van der Waals surface area (Å²) >= 11 is 11.9. The van der Waals surface area contributed by atoms with Crippen LogP contribution in [0.3, 0.4) is 0 Å². The molecule has 0 atom stereocenters. The molecule has 4 nitrogen and oxygen atoms in total. The summed E-state index contributed by atoms with van der Waals surface area (Å²) in [6.45, 7) is 0. The molecule has 1 N–H and O–H groups in total. The van der Waals surface area contributed by atoms with Crippen LogP contribution in [0.5, 0.6) is 0 Å². The average Bonchev–Trinajstić information content (AvgIpc) is 3.11. The van der Waals surface area contributed by atoms with Crippen molar-refractivity contribution in [2.75, 3.05) is 0 Å². The van der Waals surface area contributed by atoms with Crippen molar-refractivity contribution < 1.29 is 9.90 Å². The van der Waals surface area contributed by atoms with E-state index in [-0.39, 0.29) is 11.5 Å². The number of hydrogen-bond acceptors (Lipinski definition) is 2. The van der Waals surface area contributed by atoms with E-state index in [1.807, 2.05) is 0 Å². The number of benzene rings is 1. The molecule has 1 aromatic carbocycles. The molecule has 1 aromatic heterocycles. The lowest BCUT2D eigenvalue weighted by atomic mass is 10.1. The Labute approximate surface area is 119 Å². The number of hydrogen-bond donors (Lipinski definition) is 1. The predicted molar refractivity (Wildman–Crippen MR) is 72.5 cm³/mol. The number of carboxylic acids is 1. The normalized spacial score (nSPS) is 14.6. The lowest BCUT2D eigenvalue weighted by Crippen LogP contribution is -2.05. The minimum atomic E-state index is -0.951. The Kier molecular flexibility index (Phi) is 2.99. The van der Waals surface area contributed by atoms with Crippen LogP contribution in [0.1, 0.15) is 34.8 Å². The second kappa shape index (κ2) is 4.54. The maximum Gasteiger partial charge on any atom is 0.339 e. The smallest absolute Gasteiger partial charge is 0.339 e. The van der Waals surface area contributed by atoms with Crippen LogP contribution in [0.25, 0.3) is 5.69 Å². The zero-order chi connectivity index (χ0) is 13.6. The van der Waals surface area contributed by atoms with Gasteiger partial charge in [0, 0.05) is 5.92 Å². The fourth-order valence-electron chi connectivity index (χ4n) is 2.09. The van der Waals surface area contributed by atoms with E-state index in [0.717, 1.165) is 24.2 Å². The van der Waals surface area contributed by atoms with Crippen molar-refractivity contribution in [2.45, 2.75) is 18.8 Å². The van der Waals surface area contributed by atoms with E-state index >= 15 is 0 Å². The predicted octanol–water partition coefficient (Wildman–Crippen LogP) is 3.75. The Bertz CT molecular complexity index is 663. The quantitative estimate of drug-likeness (QED) is 0.938. The van der Waals surface area contributed by atoms with Gasteiger partial charge in [-0.05, 0) is 31.0 Å². The molecule has 2 aromatic rings. The monoisotopic (exact) mass is 296 g/mol. The van der Waals surface area contributed by atoms with Crippen molar-refractivity contribution in [3.8, 4) is 5.69 Å². The molecule has 19 heavy (non-hydrogen) atoms. The standard InChI is InChI=1S/C13H10Cl2N2O2/c14-10-4-3-8(5-11(10)15)17-12(7-1-2-7)9(6-16-17)13(18)19/h3-7H,1-2H2,(H,18,19). The molecule has 0 radical (unpaired) electrons. The van der Waals surface area contributed by atoms with E-state index in [9.17, 15) is 9.90 Å².